The average molecular weight is 161 g/mol. The van der Waals surface area contributed by atoms with Gasteiger partial charge in [0.25, 0.3) is 0 Å². The lowest BCUT2D eigenvalue weighted by Crippen LogP contribution is -2.06. The van der Waals surface area contributed by atoms with Crippen molar-refractivity contribution in [2.75, 3.05) is 0 Å². The van der Waals surface area contributed by atoms with Gasteiger partial charge in [-0.1, -0.05) is 39.3 Å². The van der Waals surface area contributed by atoms with Gasteiger partial charge in [0.2, 0.25) is 0 Å². The minimum atomic E-state index is 0.185. The lowest BCUT2D eigenvalue weighted by atomic mass is 9.99. The van der Waals surface area contributed by atoms with Crippen LogP contribution in [0.5, 0.6) is 0 Å². The summed E-state index contributed by atoms with van der Waals surface area (Å²) >= 11 is 6.03. The number of rotatable bonds is 4. The normalized spacial score (nSPS) is 13.7. The molecule has 0 spiro atoms. The van der Waals surface area contributed by atoms with Crippen molar-refractivity contribution in [3.63, 3.8) is 0 Å². The van der Waals surface area contributed by atoms with E-state index < -0.39 is 0 Å². The molecule has 0 heterocycles. The Kier molecular flexibility index (Phi) is 4.80. The molecule has 0 saturated heterocycles. The maximum absolute atomic E-state index is 6.03. The van der Waals surface area contributed by atoms with Crippen molar-refractivity contribution in [3.8, 4) is 0 Å². The van der Waals surface area contributed by atoms with Gasteiger partial charge in [-0.25, -0.2) is 0 Å². The van der Waals surface area contributed by atoms with Crippen LogP contribution in [0.3, 0.4) is 0 Å². The minimum Gasteiger partial charge on any atom is -0.118 e. The molecular formula is C9H17Cl. The van der Waals surface area contributed by atoms with E-state index in [0.29, 0.717) is 5.92 Å². The first kappa shape index (κ1) is 10.0. The molecule has 0 aliphatic carbocycles. The fourth-order valence-corrected chi connectivity index (χ4v) is 1.27. The molecule has 60 valence electrons. The van der Waals surface area contributed by atoms with Crippen LogP contribution in [0, 0.1) is 5.92 Å². The van der Waals surface area contributed by atoms with Crippen molar-refractivity contribution in [2.24, 2.45) is 5.92 Å². The number of hydrogen-bond donors (Lipinski definition) is 0. The molecule has 10 heavy (non-hydrogen) atoms. The van der Waals surface area contributed by atoms with Crippen molar-refractivity contribution >= 4 is 11.6 Å². The molecule has 0 fully saturated rings. The smallest absolute Gasteiger partial charge is 0.0545 e. The Balaban J connectivity index is 3.71. The zero-order valence-corrected chi connectivity index (χ0v) is 7.91. The Morgan fingerprint density at radius 1 is 1.50 bits per heavy atom. The summed E-state index contributed by atoms with van der Waals surface area (Å²) in [7, 11) is 0. The fourth-order valence-electron chi connectivity index (χ4n) is 0.801. The summed E-state index contributed by atoms with van der Waals surface area (Å²) in [4.78, 5) is 0. The molecule has 0 N–H and O–H groups in total. The van der Waals surface area contributed by atoms with E-state index in [0.717, 1.165) is 12.8 Å². The maximum atomic E-state index is 6.03. The summed E-state index contributed by atoms with van der Waals surface area (Å²) in [5, 5.41) is 0.185. The molecule has 0 amide bonds. The number of hydrogen-bond acceptors (Lipinski definition) is 0. The summed E-state index contributed by atoms with van der Waals surface area (Å²) in [6, 6.07) is 0. The van der Waals surface area contributed by atoms with Crippen LogP contribution < -0.4 is 0 Å². The quantitative estimate of drug-likeness (QED) is 0.436. The van der Waals surface area contributed by atoms with Crippen LogP contribution in [0.15, 0.2) is 12.2 Å². The second-order valence-electron chi connectivity index (χ2n) is 2.99. The highest BCUT2D eigenvalue weighted by molar-refractivity contribution is 6.22. The van der Waals surface area contributed by atoms with E-state index in [1.54, 1.807) is 0 Å². The van der Waals surface area contributed by atoms with Crippen molar-refractivity contribution in [3.05, 3.63) is 12.2 Å². The monoisotopic (exact) mass is 160 g/mol. The summed E-state index contributed by atoms with van der Waals surface area (Å²) < 4.78 is 0. The lowest BCUT2D eigenvalue weighted by molar-refractivity contribution is 0.683. The second kappa shape index (κ2) is 4.79. The van der Waals surface area contributed by atoms with Crippen LogP contribution in [0.2, 0.25) is 0 Å². The second-order valence-corrected chi connectivity index (χ2v) is 3.51. The van der Waals surface area contributed by atoms with Crippen LogP contribution in [-0.2, 0) is 0 Å². The van der Waals surface area contributed by atoms with Gasteiger partial charge in [0.15, 0.2) is 0 Å². The highest BCUT2D eigenvalue weighted by Gasteiger charge is 2.10. The first-order valence-corrected chi connectivity index (χ1v) is 4.36. The highest BCUT2D eigenvalue weighted by atomic mass is 35.5. The summed E-state index contributed by atoms with van der Waals surface area (Å²) in [6.45, 7) is 10.3. The largest absolute Gasteiger partial charge is 0.118 e. The zero-order chi connectivity index (χ0) is 8.15. The molecule has 0 radical (unpaired) electrons. The Hall–Kier alpha value is 0.0300. The third-order valence-corrected chi connectivity index (χ3v) is 2.18. The molecule has 0 aromatic carbocycles. The van der Waals surface area contributed by atoms with Gasteiger partial charge in [0.05, 0.1) is 5.38 Å². The molecule has 0 aromatic rings. The van der Waals surface area contributed by atoms with Gasteiger partial charge >= 0.3 is 0 Å². The highest BCUT2D eigenvalue weighted by Crippen LogP contribution is 2.20. The van der Waals surface area contributed by atoms with Crippen LogP contribution in [0.4, 0.5) is 0 Å². The predicted octanol–water partition coefficient (Wildman–Crippen LogP) is 3.61. The molecule has 0 saturated carbocycles. The Morgan fingerprint density at radius 2 is 2.00 bits per heavy atom. The number of allylic oxidation sites excluding steroid dienone is 1. The van der Waals surface area contributed by atoms with Crippen LogP contribution in [0.25, 0.3) is 0 Å². The number of halogens is 1. The number of alkyl halides is 1. The van der Waals surface area contributed by atoms with E-state index in [9.17, 15) is 0 Å². The molecule has 0 rings (SSSR count). The summed E-state index contributed by atoms with van der Waals surface area (Å²) in [5.74, 6) is 0.522. The molecule has 0 bridgehead atoms. The Labute approximate surface area is 69.3 Å². The Bertz CT molecular complexity index is 105. The first-order valence-electron chi connectivity index (χ1n) is 3.92. The van der Waals surface area contributed by atoms with E-state index in [1.807, 2.05) is 0 Å². The lowest BCUT2D eigenvalue weighted by Gasteiger charge is -2.14. The van der Waals surface area contributed by atoms with Gasteiger partial charge in [-0.2, -0.15) is 0 Å². The van der Waals surface area contributed by atoms with Crippen molar-refractivity contribution < 1.29 is 0 Å². The van der Waals surface area contributed by atoms with Gasteiger partial charge in [-0.15, -0.1) is 11.6 Å². The zero-order valence-electron chi connectivity index (χ0n) is 7.15. The van der Waals surface area contributed by atoms with Gasteiger partial charge < -0.3 is 0 Å². The van der Waals surface area contributed by atoms with Crippen LogP contribution >= 0.6 is 11.6 Å². The molecule has 0 aliphatic heterocycles. The predicted molar refractivity (Wildman–Crippen MR) is 48.5 cm³/mol. The van der Waals surface area contributed by atoms with Gasteiger partial charge in [0, 0.05) is 0 Å². The maximum Gasteiger partial charge on any atom is 0.0545 e. The van der Waals surface area contributed by atoms with Gasteiger partial charge in [0.1, 0.15) is 0 Å². The molecular weight excluding hydrogens is 144 g/mol. The van der Waals surface area contributed by atoms with E-state index >= 15 is 0 Å². The molecule has 1 atom stereocenters. The van der Waals surface area contributed by atoms with E-state index in [1.165, 1.54) is 5.57 Å². The molecule has 0 nitrogen and oxygen atoms in total. The van der Waals surface area contributed by atoms with Crippen molar-refractivity contribution in [2.45, 2.75) is 39.0 Å². The third-order valence-electron chi connectivity index (χ3n) is 1.69. The van der Waals surface area contributed by atoms with E-state index in [2.05, 4.69) is 27.4 Å². The molecule has 1 unspecified atom stereocenters. The Morgan fingerprint density at radius 3 is 2.30 bits per heavy atom. The third kappa shape index (κ3) is 3.26. The minimum absolute atomic E-state index is 0.185. The molecule has 0 aliphatic rings. The van der Waals surface area contributed by atoms with Crippen LogP contribution in [0.1, 0.15) is 33.6 Å². The van der Waals surface area contributed by atoms with Gasteiger partial charge in [-0.05, 0) is 12.3 Å². The summed E-state index contributed by atoms with van der Waals surface area (Å²) in [6.07, 6.45) is 2.19. The summed E-state index contributed by atoms with van der Waals surface area (Å²) in [5.41, 5.74) is 1.17. The topological polar surface area (TPSA) is 0 Å². The van der Waals surface area contributed by atoms with E-state index in [-0.39, 0.29) is 5.38 Å². The molecule has 0 aromatic heterocycles. The van der Waals surface area contributed by atoms with Crippen LogP contribution in [-0.4, -0.2) is 5.38 Å². The van der Waals surface area contributed by atoms with Crippen molar-refractivity contribution in [1.29, 1.82) is 0 Å². The van der Waals surface area contributed by atoms with Crippen molar-refractivity contribution in [1.82, 2.24) is 0 Å². The fraction of sp³-hybridized carbons (Fsp3) is 0.778. The van der Waals surface area contributed by atoms with E-state index in [4.69, 9.17) is 11.6 Å². The van der Waals surface area contributed by atoms with Gasteiger partial charge in [-0.3, -0.25) is 0 Å². The average Bonchev–Trinajstić information content (AvgIpc) is 1.87. The first-order chi connectivity index (χ1) is 4.59. The SMILES string of the molecule is C=C(C(C)C)C(Cl)CCC. The molecule has 1 heteroatoms. The standard InChI is InChI=1S/C9H17Cl/c1-5-6-9(10)8(4)7(2)3/h7,9H,4-6H2,1-3H3.